The van der Waals surface area contributed by atoms with E-state index < -0.39 is 21.8 Å². The van der Waals surface area contributed by atoms with Crippen molar-refractivity contribution in [3.05, 3.63) is 36.3 Å². The molecular formula is C13H10F3N5O2S. The molecule has 0 saturated carbocycles. The van der Waals surface area contributed by atoms with Crippen LogP contribution >= 0.6 is 0 Å². The van der Waals surface area contributed by atoms with Gasteiger partial charge in [0.1, 0.15) is 16.2 Å². The Balaban J connectivity index is 2.28. The number of nitrogens with zero attached hydrogens (tertiary/aromatic N) is 4. The van der Waals surface area contributed by atoms with Crippen LogP contribution in [0, 0.1) is 0 Å². The van der Waals surface area contributed by atoms with E-state index in [0.717, 1.165) is 12.3 Å². The fourth-order valence-electron chi connectivity index (χ4n) is 2.26. The minimum Gasteiger partial charge on any atom is -0.312 e. The summed E-state index contributed by atoms with van der Waals surface area (Å²) in [4.78, 5) is 11.3. The van der Waals surface area contributed by atoms with Gasteiger partial charge in [-0.1, -0.05) is 0 Å². The summed E-state index contributed by atoms with van der Waals surface area (Å²) in [6.45, 7) is 0. The number of aryl methyl sites for hydroxylation is 1. The van der Waals surface area contributed by atoms with Crippen LogP contribution in [0.25, 0.3) is 22.6 Å². The van der Waals surface area contributed by atoms with Crippen molar-refractivity contribution in [1.29, 1.82) is 0 Å². The second-order valence-electron chi connectivity index (χ2n) is 4.98. The van der Waals surface area contributed by atoms with Gasteiger partial charge in [-0.2, -0.15) is 13.2 Å². The number of aromatic nitrogens is 4. The van der Waals surface area contributed by atoms with Crippen molar-refractivity contribution in [3.63, 3.8) is 0 Å². The van der Waals surface area contributed by atoms with E-state index >= 15 is 0 Å². The molecule has 3 rings (SSSR count). The average molecular weight is 357 g/mol. The average Bonchev–Trinajstić information content (AvgIpc) is 2.82. The number of nitrogens with two attached hydrogens (primary N) is 1. The van der Waals surface area contributed by atoms with Gasteiger partial charge in [0.15, 0.2) is 5.65 Å². The number of pyridine rings is 2. The van der Waals surface area contributed by atoms with Gasteiger partial charge in [-0.3, -0.25) is 4.98 Å². The van der Waals surface area contributed by atoms with Gasteiger partial charge >= 0.3 is 6.18 Å². The van der Waals surface area contributed by atoms with Gasteiger partial charge in [0.2, 0.25) is 10.0 Å². The Morgan fingerprint density at radius 1 is 1.25 bits per heavy atom. The molecular weight excluding hydrogens is 347 g/mol. The Morgan fingerprint density at radius 3 is 2.58 bits per heavy atom. The van der Waals surface area contributed by atoms with E-state index in [2.05, 4.69) is 15.0 Å². The standard InChI is InChI=1S/C13H10F3N5O2S/c1-21-11(8-2-3-18-6-10(8)24(17,22)23)20-9-4-7(13(14,15)16)5-19-12(9)21/h2-6H,1H3,(H2,17,22,23). The highest BCUT2D eigenvalue weighted by molar-refractivity contribution is 7.89. The maximum Gasteiger partial charge on any atom is 0.417 e. The number of sulfonamides is 1. The largest absolute Gasteiger partial charge is 0.417 e. The molecule has 0 aliphatic carbocycles. The second kappa shape index (κ2) is 5.24. The highest BCUT2D eigenvalue weighted by Crippen LogP contribution is 2.32. The summed E-state index contributed by atoms with van der Waals surface area (Å²) in [6, 6.07) is 2.22. The van der Waals surface area contributed by atoms with E-state index in [4.69, 9.17) is 5.14 Å². The predicted molar refractivity (Wildman–Crippen MR) is 78.1 cm³/mol. The van der Waals surface area contributed by atoms with Crippen LogP contribution in [0.5, 0.6) is 0 Å². The molecule has 3 aromatic rings. The maximum atomic E-state index is 12.8. The van der Waals surface area contributed by atoms with Crippen LogP contribution in [0.2, 0.25) is 0 Å². The van der Waals surface area contributed by atoms with Gasteiger partial charge in [-0.25, -0.2) is 23.5 Å². The number of primary sulfonamides is 1. The summed E-state index contributed by atoms with van der Waals surface area (Å²) >= 11 is 0. The molecule has 0 aliphatic rings. The molecule has 0 fully saturated rings. The van der Waals surface area contributed by atoms with Crippen molar-refractivity contribution in [3.8, 4) is 11.4 Å². The van der Waals surface area contributed by atoms with Gasteiger partial charge in [0, 0.05) is 31.2 Å². The van der Waals surface area contributed by atoms with E-state index in [1.807, 2.05) is 0 Å². The minimum absolute atomic E-state index is 0.0143. The van der Waals surface area contributed by atoms with Crippen LogP contribution in [0.4, 0.5) is 13.2 Å². The highest BCUT2D eigenvalue weighted by Gasteiger charge is 2.32. The first-order chi connectivity index (χ1) is 11.1. The molecule has 3 heterocycles. The van der Waals surface area contributed by atoms with Crippen LogP contribution in [0.3, 0.4) is 0 Å². The maximum absolute atomic E-state index is 12.8. The number of fused-ring (bicyclic) bond motifs is 1. The van der Waals surface area contributed by atoms with Crippen molar-refractivity contribution >= 4 is 21.2 Å². The third kappa shape index (κ3) is 2.71. The second-order valence-corrected chi connectivity index (χ2v) is 6.51. The summed E-state index contributed by atoms with van der Waals surface area (Å²) in [5.41, 5.74) is -0.655. The lowest BCUT2D eigenvalue weighted by molar-refractivity contribution is -0.137. The van der Waals surface area contributed by atoms with Crippen molar-refractivity contribution in [2.45, 2.75) is 11.1 Å². The van der Waals surface area contributed by atoms with Crippen LogP contribution in [0.15, 0.2) is 35.6 Å². The molecule has 0 atom stereocenters. The molecule has 11 heteroatoms. The molecule has 0 saturated heterocycles. The molecule has 0 unspecified atom stereocenters. The molecule has 7 nitrogen and oxygen atoms in total. The van der Waals surface area contributed by atoms with Gasteiger partial charge < -0.3 is 4.57 Å². The zero-order chi connectivity index (χ0) is 17.7. The Morgan fingerprint density at radius 2 is 1.96 bits per heavy atom. The van der Waals surface area contributed by atoms with Gasteiger partial charge in [0.05, 0.1) is 5.56 Å². The highest BCUT2D eigenvalue weighted by atomic mass is 32.2. The Kier molecular flexibility index (Phi) is 3.57. The Bertz CT molecular complexity index is 1040. The topological polar surface area (TPSA) is 104 Å². The van der Waals surface area contributed by atoms with E-state index in [9.17, 15) is 21.6 Å². The Hall–Kier alpha value is -2.53. The lowest BCUT2D eigenvalue weighted by atomic mass is 10.2. The molecule has 3 aromatic heterocycles. The lowest BCUT2D eigenvalue weighted by Gasteiger charge is -2.07. The fraction of sp³-hybridized carbons (Fsp3) is 0.154. The molecule has 0 spiro atoms. The van der Waals surface area contributed by atoms with Gasteiger partial charge in [0.25, 0.3) is 0 Å². The number of alkyl halides is 3. The van der Waals surface area contributed by atoms with Crippen molar-refractivity contribution in [1.82, 2.24) is 19.5 Å². The van der Waals surface area contributed by atoms with E-state index in [1.165, 1.54) is 23.9 Å². The third-order valence-electron chi connectivity index (χ3n) is 3.37. The number of hydrogen-bond acceptors (Lipinski definition) is 5. The van der Waals surface area contributed by atoms with Gasteiger partial charge in [-0.15, -0.1) is 0 Å². The number of hydrogen-bond donors (Lipinski definition) is 1. The molecule has 0 aliphatic heterocycles. The van der Waals surface area contributed by atoms with Crippen LogP contribution < -0.4 is 5.14 Å². The monoisotopic (exact) mass is 357 g/mol. The molecule has 126 valence electrons. The molecule has 0 bridgehead atoms. The lowest BCUT2D eigenvalue weighted by Crippen LogP contribution is -2.14. The summed E-state index contributed by atoms with van der Waals surface area (Å²) in [5.74, 6) is 0.114. The number of imidazole rings is 1. The SMILES string of the molecule is Cn1c(-c2ccncc2S(N)(=O)=O)nc2cc(C(F)(F)F)cnc21. The molecule has 0 aromatic carbocycles. The van der Waals surface area contributed by atoms with E-state index in [1.54, 1.807) is 0 Å². The van der Waals surface area contributed by atoms with Crippen LogP contribution in [0.1, 0.15) is 5.56 Å². The fourth-order valence-corrected chi connectivity index (χ4v) is 2.94. The van der Waals surface area contributed by atoms with Crippen LogP contribution in [-0.2, 0) is 23.2 Å². The first kappa shape index (κ1) is 16.3. The van der Waals surface area contributed by atoms with Crippen molar-refractivity contribution < 1.29 is 21.6 Å². The quantitative estimate of drug-likeness (QED) is 0.752. The Labute approximate surface area is 134 Å². The van der Waals surface area contributed by atoms with Gasteiger partial charge in [-0.05, 0) is 12.1 Å². The van der Waals surface area contributed by atoms with Crippen molar-refractivity contribution in [2.24, 2.45) is 12.2 Å². The zero-order valence-electron chi connectivity index (χ0n) is 12.1. The normalized spacial score (nSPS) is 12.7. The van der Waals surface area contributed by atoms with Crippen LogP contribution in [-0.4, -0.2) is 27.9 Å². The molecule has 0 radical (unpaired) electrons. The predicted octanol–water partition coefficient (Wildman–Crippen LogP) is 1.70. The minimum atomic E-state index is -4.55. The summed E-state index contributed by atoms with van der Waals surface area (Å²) in [5, 5.41) is 5.15. The summed E-state index contributed by atoms with van der Waals surface area (Å²) in [6.07, 6.45) is -1.47. The first-order valence-electron chi connectivity index (χ1n) is 6.46. The zero-order valence-corrected chi connectivity index (χ0v) is 12.9. The van der Waals surface area contributed by atoms with Crippen molar-refractivity contribution in [2.75, 3.05) is 0 Å². The summed E-state index contributed by atoms with van der Waals surface area (Å²) < 4.78 is 63.1. The smallest absolute Gasteiger partial charge is 0.312 e. The number of rotatable bonds is 2. The van der Waals surface area contributed by atoms with E-state index in [-0.39, 0.29) is 27.4 Å². The van der Waals surface area contributed by atoms with E-state index in [0.29, 0.717) is 6.20 Å². The first-order valence-corrected chi connectivity index (χ1v) is 8.00. The molecule has 0 amide bonds. The molecule has 2 N–H and O–H groups in total. The third-order valence-corrected chi connectivity index (χ3v) is 4.31. The summed E-state index contributed by atoms with van der Waals surface area (Å²) in [7, 11) is -2.57. The number of halogens is 3. The molecule has 24 heavy (non-hydrogen) atoms.